The first kappa shape index (κ1) is 37.2. The van der Waals surface area contributed by atoms with Gasteiger partial charge in [-0.15, -0.1) is 0 Å². The molecule has 1 aromatic rings. The van der Waals surface area contributed by atoms with Crippen LogP contribution in [-0.2, 0) is 25.6 Å². The van der Waals surface area contributed by atoms with Crippen LogP contribution in [0, 0.1) is 23.2 Å². The summed E-state index contributed by atoms with van der Waals surface area (Å²) in [5.41, 5.74) is 5.25. The van der Waals surface area contributed by atoms with Gasteiger partial charge < -0.3 is 31.3 Å². The van der Waals surface area contributed by atoms with Gasteiger partial charge in [-0.2, -0.15) is 0 Å². The van der Waals surface area contributed by atoms with Crippen molar-refractivity contribution in [3.05, 3.63) is 29.8 Å². The summed E-state index contributed by atoms with van der Waals surface area (Å²) < 4.78 is 5.43. The van der Waals surface area contributed by atoms with E-state index in [4.69, 9.17) is 10.5 Å². The molecule has 4 atom stereocenters. The van der Waals surface area contributed by atoms with Crippen LogP contribution in [-0.4, -0.2) is 71.8 Å². The molecule has 0 aromatic heterocycles. The van der Waals surface area contributed by atoms with E-state index in [1.165, 1.54) is 0 Å². The highest BCUT2D eigenvalue weighted by Crippen LogP contribution is 2.36. The number of rotatable bonds is 14. The molecule has 5 amide bonds. The molecule has 4 rings (SSSR count). The molecule has 0 radical (unpaired) electrons. The number of carbonyl (C=O) groups excluding carboxylic acids is 5. The van der Waals surface area contributed by atoms with Gasteiger partial charge in [0.1, 0.15) is 17.8 Å². The van der Waals surface area contributed by atoms with Crippen molar-refractivity contribution in [2.75, 3.05) is 13.7 Å². The molecule has 0 spiro atoms. The zero-order valence-corrected chi connectivity index (χ0v) is 29.7. The van der Waals surface area contributed by atoms with Crippen LogP contribution in [0.1, 0.15) is 104 Å². The van der Waals surface area contributed by atoms with E-state index in [0.717, 1.165) is 62.7 Å². The second kappa shape index (κ2) is 15.7. The summed E-state index contributed by atoms with van der Waals surface area (Å²) in [5.74, 6) is -1.25. The van der Waals surface area contributed by atoms with Crippen molar-refractivity contribution >= 4 is 29.5 Å². The van der Waals surface area contributed by atoms with Gasteiger partial charge in [-0.05, 0) is 79.4 Å². The van der Waals surface area contributed by atoms with E-state index in [-0.39, 0.29) is 17.7 Å². The number of ketones is 1. The average Bonchev–Trinajstić information content (AvgIpc) is 3.74. The number of nitrogens with two attached hydrogens (primary N) is 1. The van der Waals surface area contributed by atoms with E-state index in [9.17, 15) is 24.0 Å². The van der Waals surface area contributed by atoms with Crippen molar-refractivity contribution in [3.63, 3.8) is 0 Å². The van der Waals surface area contributed by atoms with E-state index in [1.54, 1.807) is 12.0 Å². The Morgan fingerprint density at radius 1 is 1.00 bits per heavy atom. The van der Waals surface area contributed by atoms with Gasteiger partial charge in [0.15, 0.2) is 0 Å². The lowest BCUT2D eigenvalue weighted by Crippen LogP contribution is -2.62. The predicted octanol–water partition coefficient (Wildman–Crippen LogP) is 4.26. The van der Waals surface area contributed by atoms with E-state index in [2.05, 4.69) is 29.8 Å². The monoisotopic (exact) mass is 667 g/mol. The Bertz CT molecular complexity index is 1330. The van der Waals surface area contributed by atoms with E-state index < -0.39 is 52.7 Å². The van der Waals surface area contributed by atoms with Crippen molar-refractivity contribution in [3.8, 4) is 5.75 Å². The molecule has 1 aliphatic heterocycles. The first-order valence-electron chi connectivity index (χ1n) is 17.8. The van der Waals surface area contributed by atoms with Crippen molar-refractivity contribution in [2.45, 2.75) is 129 Å². The van der Waals surface area contributed by atoms with Gasteiger partial charge in [-0.3, -0.25) is 19.2 Å². The average molecular weight is 668 g/mol. The summed E-state index contributed by atoms with van der Waals surface area (Å²) in [6, 6.07) is 4.71. The minimum absolute atomic E-state index is 0.0706. The number of primary amides is 1. The number of ether oxygens (including phenoxy) is 1. The van der Waals surface area contributed by atoms with Crippen molar-refractivity contribution < 1.29 is 28.7 Å². The first-order chi connectivity index (χ1) is 22.6. The Hall–Kier alpha value is -3.63. The number of nitrogens with one attached hydrogen (secondary N) is 3. The van der Waals surface area contributed by atoms with Gasteiger partial charge in [-0.1, -0.05) is 78.9 Å². The van der Waals surface area contributed by atoms with E-state index >= 15 is 0 Å². The number of hydrogen-bond donors (Lipinski definition) is 4. The Labute approximate surface area is 285 Å². The van der Waals surface area contributed by atoms with Gasteiger partial charge in [-0.25, -0.2) is 4.79 Å². The molecule has 48 heavy (non-hydrogen) atoms. The van der Waals surface area contributed by atoms with Crippen LogP contribution < -0.4 is 26.4 Å². The second-order valence-corrected chi connectivity index (χ2v) is 16.0. The van der Waals surface area contributed by atoms with Crippen LogP contribution in [0.25, 0.3) is 0 Å². The third-order valence-electron chi connectivity index (χ3n) is 10.2. The maximum atomic E-state index is 14.5. The Morgan fingerprint density at radius 2 is 1.69 bits per heavy atom. The summed E-state index contributed by atoms with van der Waals surface area (Å²) in [6.07, 6.45) is 8.86. The number of Topliss-reactive ketones (excluding diaryl/α,β-unsaturated/α-hetero) is 1. The van der Waals surface area contributed by atoms with Crippen molar-refractivity contribution in [2.24, 2.45) is 28.9 Å². The lowest BCUT2D eigenvalue weighted by atomic mass is 9.77. The molecule has 266 valence electrons. The zero-order valence-electron chi connectivity index (χ0n) is 29.7. The maximum Gasteiger partial charge on any atom is 0.315 e. The molecule has 1 aromatic carbocycles. The lowest BCUT2D eigenvalue weighted by molar-refractivity contribution is -0.143. The third-order valence-corrected chi connectivity index (χ3v) is 10.2. The quantitative estimate of drug-likeness (QED) is 0.217. The summed E-state index contributed by atoms with van der Waals surface area (Å²) in [4.78, 5) is 68.2. The fraction of sp³-hybridized carbons (Fsp3) is 0.703. The minimum atomic E-state index is -1.08. The van der Waals surface area contributed by atoms with Crippen LogP contribution in [0.3, 0.4) is 0 Å². The van der Waals surface area contributed by atoms with Crippen LogP contribution in [0.4, 0.5) is 4.79 Å². The SMILES string of the molecule is COc1cccc(CC2(NC(=O)N[C@H](C(=O)N3C[C@H](CC(C)C)C[C@H]3C(=O)NC(CC3CC3)C(=O)C(N)=O)C(C)(C)C)CCCCC2)c1. The molecule has 2 aliphatic carbocycles. The minimum Gasteiger partial charge on any atom is -0.497 e. The highest BCUT2D eigenvalue weighted by Gasteiger charge is 2.46. The van der Waals surface area contributed by atoms with Gasteiger partial charge in [0, 0.05) is 12.1 Å². The molecule has 3 fully saturated rings. The number of amides is 5. The van der Waals surface area contributed by atoms with Gasteiger partial charge >= 0.3 is 6.03 Å². The van der Waals surface area contributed by atoms with Crippen LogP contribution >= 0.6 is 0 Å². The topological polar surface area (TPSA) is 160 Å². The highest BCUT2D eigenvalue weighted by molar-refractivity contribution is 6.37. The van der Waals surface area contributed by atoms with Crippen molar-refractivity contribution in [1.29, 1.82) is 0 Å². The normalized spacial score (nSPS) is 22.0. The summed E-state index contributed by atoms with van der Waals surface area (Å²) >= 11 is 0. The third kappa shape index (κ3) is 9.95. The van der Waals surface area contributed by atoms with Crippen LogP contribution in [0.5, 0.6) is 5.75 Å². The molecule has 1 saturated heterocycles. The smallest absolute Gasteiger partial charge is 0.315 e. The molecule has 5 N–H and O–H groups in total. The number of hydrogen-bond acceptors (Lipinski definition) is 6. The Kier molecular flexibility index (Phi) is 12.2. The molecular weight excluding hydrogens is 610 g/mol. The number of likely N-dealkylation sites (tertiary alicyclic amines) is 1. The number of benzene rings is 1. The lowest BCUT2D eigenvalue weighted by Gasteiger charge is -2.40. The molecule has 2 saturated carbocycles. The van der Waals surface area contributed by atoms with Gasteiger partial charge in [0.2, 0.25) is 17.6 Å². The van der Waals surface area contributed by atoms with Crippen LogP contribution in [0.15, 0.2) is 24.3 Å². The van der Waals surface area contributed by atoms with Crippen LogP contribution in [0.2, 0.25) is 0 Å². The summed E-state index contributed by atoms with van der Waals surface area (Å²) in [7, 11) is 1.64. The largest absolute Gasteiger partial charge is 0.497 e. The van der Waals surface area contributed by atoms with Crippen molar-refractivity contribution in [1.82, 2.24) is 20.9 Å². The molecule has 1 unspecified atom stereocenters. The molecule has 11 nitrogen and oxygen atoms in total. The number of nitrogens with zero attached hydrogens (tertiary/aromatic N) is 1. The standard InChI is InChI=1S/C37H57N5O6/c1-23(2)17-26-20-29(33(45)39-28(19-24-13-14-24)30(43)32(38)44)42(22-26)34(46)31(36(3,4)5)40-35(47)41-37(15-8-7-9-16-37)21-25-11-10-12-27(18-25)48-6/h10-12,18,23-24,26,28-29,31H,7-9,13-17,19-22H2,1-6H3,(H2,38,44)(H,39,45)(H2,40,41,47)/t26-,28?,29+,31-/m1/s1. The molecular formula is C37H57N5O6. The summed E-state index contributed by atoms with van der Waals surface area (Å²) in [5, 5.41) is 9.10. The predicted molar refractivity (Wildman–Crippen MR) is 184 cm³/mol. The highest BCUT2D eigenvalue weighted by atomic mass is 16.5. The fourth-order valence-electron chi connectivity index (χ4n) is 7.58. The molecule has 0 bridgehead atoms. The van der Waals surface area contributed by atoms with Gasteiger partial charge in [0.25, 0.3) is 5.91 Å². The Morgan fingerprint density at radius 3 is 2.27 bits per heavy atom. The number of carbonyl (C=O) groups is 5. The number of urea groups is 1. The molecule has 11 heteroatoms. The summed E-state index contributed by atoms with van der Waals surface area (Å²) in [6.45, 7) is 10.3. The molecule has 3 aliphatic rings. The second-order valence-electron chi connectivity index (χ2n) is 16.0. The molecule has 1 heterocycles. The maximum absolute atomic E-state index is 14.5. The zero-order chi connectivity index (χ0) is 35.2. The first-order valence-corrected chi connectivity index (χ1v) is 17.8. The van der Waals surface area contributed by atoms with E-state index in [0.29, 0.717) is 31.7 Å². The number of methoxy groups -OCH3 is 1. The Balaban J connectivity index is 1.54. The van der Waals surface area contributed by atoms with E-state index in [1.807, 2.05) is 45.0 Å². The fourth-order valence-corrected chi connectivity index (χ4v) is 7.58. The van der Waals surface area contributed by atoms with Gasteiger partial charge in [0.05, 0.1) is 13.2 Å².